The van der Waals surface area contributed by atoms with Gasteiger partial charge in [0.05, 0.1) is 5.92 Å². The zero-order valence-corrected chi connectivity index (χ0v) is 14.9. The van der Waals surface area contributed by atoms with Gasteiger partial charge in [-0.25, -0.2) is 4.79 Å². The van der Waals surface area contributed by atoms with Gasteiger partial charge in [-0.3, -0.25) is 9.35 Å². The lowest BCUT2D eigenvalue weighted by molar-refractivity contribution is -0.180. The van der Waals surface area contributed by atoms with Crippen LogP contribution in [0.25, 0.3) is 0 Å². The molecule has 1 aliphatic rings. The minimum Gasteiger partial charge on any atom is -0.459 e. The van der Waals surface area contributed by atoms with E-state index in [4.69, 9.17) is 9.47 Å². The zero-order valence-electron chi connectivity index (χ0n) is 14.1. The van der Waals surface area contributed by atoms with Gasteiger partial charge >= 0.3 is 27.0 Å². The van der Waals surface area contributed by atoms with Crippen molar-refractivity contribution in [1.82, 2.24) is 0 Å². The standard InChI is InChI=1S/C15H26O7S/c1-10(2)9-15(23(18,19)20,22-13(16)11(3)4)14(17)21-12-7-5-6-8-12/h10-12H,5-9H2,1-4H3,(H,18,19,20). The van der Waals surface area contributed by atoms with Crippen molar-refractivity contribution >= 4 is 22.1 Å². The number of hydrogen-bond donors (Lipinski definition) is 1. The molecule has 1 unspecified atom stereocenters. The largest absolute Gasteiger partial charge is 0.459 e. The smallest absolute Gasteiger partial charge is 0.369 e. The molecule has 1 fully saturated rings. The Kier molecular flexibility index (Phi) is 6.59. The van der Waals surface area contributed by atoms with Crippen LogP contribution in [-0.2, 0) is 29.2 Å². The Morgan fingerprint density at radius 1 is 1.17 bits per heavy atom. The third-order valence-corrected chi connectivity index (χ3v) is 4.97. The van der Waals surface area contributed by atoms with Crippen molar-refractivity contribution in [3.63, 3.8) is 0 Å². The fourth-order valence-electron chi connectivity index (χ4n) is 2.50. The minimum atomic E-state index is -5.01. The number of hydrogen-bond acceptors (Lipinski definition) is 6. The van der Waals surface area contributed by atoms with Crippen LogP contribution in [0.5, 0.6) is 0 Å². The lowest BCUT2D eigenvalue weighted by Crippen LogP contribution is -2.53. The molecule has 7 nitrogen and oxygen atoms in total. The van der Waals surface area contributed by atoms with Crippen LogP contribution in [0.1, 0.15) is 59.8 Å². The van der Waals surface area contributed by atoms with Crippen LogP contribution in [0.15, 0.2) is 0 Å². The number of esters is 2. The van der Waals surface area contributed by atoms with Crippen molar-refractivity contribution in [2.24, 2.45) is 11.8 Å². The van der Waals surface area contributed by atoms with Gasteiger partial charge in [0.25, 0.3) is 0 Å². The molecule has 23 heavy (non-hydrogen) atoms. The van der Waals surface area contributed by atoms with Gasteiger partial charge in [0.1, 0.15) is 6.10 Å². The predicted molar refractivity (Wildman–Crippen MR) is 83.0 cm³/mol. The van der Waals surface area contributed by atoms with Crippen LogP contribution in [0, 0.1) is 11.8 Å². The Morgan fingerprint density at radius 2 is 1.70 bits per heavy atom. The molecule has 0 amide bonds. The van der Waals surface area contributed by atoms with Gasteiger partial charge in [0.15, 0.2) is 0 Å². The summed E-state index contributed by atoms with van der Waals surface area (Å²) in [4.78, 5) is 21.7. The van der Waals surface area contributed by atoms with E-state index in [0.717, 1.165) is 12.8 Å². The summed E-state index contributed by atoms with van der Waals surface area (Å²) in [5, 5.41) is 0. The number of carbonyl (C=O) groups is 2. The van der Waals surface area contributed by atoms with Gasteiger partial charge in [-0.15, -0.1) is 0 Å². The fourth-order valence-corrected chi connectivity index (χ4v) is 3.49. The molecule has 0 aromatic rings. The van der Waals surface area contributed by atoms with Gasteiger partial charge in [-0.1, -0.05) is 27.7 Å². The summed E-state index contributed by atoms with van der Waals surface area (Å²) in [5.41, 5.74) is 0. The van der Waals surface area contributed by atoms with E-state index in [-0.39, 0.29) is 12.3 Å². The second-order valence-corrected chi connectivity index (χ2v) is 8.32. The molecule has 1 aliphatic carbocycles. The Bertz CT molecular complexity index is 532. The summed E-state index contributed by atoms with van der Waals surface area (Å²) >= 11 is 0. The predicted octanol–water partition coefficient (Wildman–Crippen LogP) is 2.30. The second kappa shape index (κ2) is 7.61. The van der Waals surface area contributed by atoms with Crippen molar-refractivity contribution in [3.05, 3.63) is 0 Å². The highest BCUT2D eigenvalue weighted by Crippen LogP contribution is 2.32. The summed E-state index contributed by atoms with van der Waals surface area (Å²) in [6.07, 6.45) is 2.25. The van der Waals surface area contributed by atoms with Crippen LogP contribution >= 0.6 is 0 Å². The lowest BCUT2D eigenvalue weighted by Gasteiger charge is -2.31. The average molecular weight is 350 g/mol. The molecule has 0 bridgehead atoms. The van der Waals surface area contributed by atoms with Crippen LogP contribution in [-0.4, -0.2) is 35.9 Å². The molecule has 0 spiro atoms. The summed E-state index contributed by atoms with van der Waals surface area (Å²) in [6, 6.07) is 0. The summed E-state index contributed by atoms with van der Waals surface area (Å²) in [6.45, 7) is 6.33. The Balaban J connectivity index is 3.19. The highest BCUT2D eigenvalue weighted by atomic mass is 32.2. The lowest BCUT2D eigenvalue weighted by atomic mass is 10.0. The van der Waals surface area contributed by atoms with E-state index in [0.29, 0.717) is 12.8 Å². The van der Waals surface area contributed by atoms with Gasteiger partial charge in [-0.2, -0.15) is 8.42 Å². The van der Waals surface area contributed by atoms with Crippen molar-refractivity contribution in [2.75, 3.05) is 0 Å². The van der Waals surface area contributed by atoms with Crippen molar-refractivity contribution in [1.29, 1.82) is 0 Å². The zero-order chi connectivity index (χ0) is 17.8. The van der Waals surface area contributed by atoms with Gasteiger partial charge in [0.2, 0.25) is 0 Å². The first-order valence-electron chi connectivity index (χ1n) is 7.90. The SMILES string of the molecule is CC(C)CC(OC(=O)C(C)C)(C(=O)OC1CCCC1)S(=O)(=O)O. The normalized spacial score (nSPS) is 18.9. The van der Waals surface area contributed by atoms with Crippen LogP contribution in [0.3, 0.4) is 0 Å². The van der Waals surface area contributed by atoms with E-state index < -0.39 is 39.0 Å². The molecule has 134 valence electrons. The number of rotatable bonds is 7. The maximum Gasteiger partial charge on any atom is 0.369 e. The molecule has 0 aliphatic heterocycles. The molecule has 1 saturated carbocycles. The second-order valence-electron chi connectivity index (χ2n) is 6.71. The summed E-state index contributed by atoms with van der Waals surface area (Å²) in [7, 11) is -5.01. The molecule has 1 N–H and O–H groups in total. The van der Waals surface area contributed by atoms with Crippen molar-refractivity contribution < 1.29 is 32.0 Å². The summed E-state index contributed by atoms with van der Waals surface area (Å²) in [5.74, 6) is -3.07. The molecule has 0 heterocycles. The molecule has 1 rings (SSSR count). The van der Waals surface area contributed by atoms with E-state index in [1.54, 1.807) is 13.8 Å². The van der Waals surface area contributed by atoms with E-state index in [1.165, 1.54) is 13.8 Å². The molecule has 0 saturated heterocycles. The monoisotopic (exact) mass is 350 g/mol. The quantitative estimate of drug-likeness (QED) is 0.554. The molecule has 8 heteroatoms. The topological polar surface area (TPSA) is 107 Å². The third-order valence-electron chi connectivity index (χ3n) is 3.72. The number of ether oxygens (including phenoxy) is 2. The maximum atomic E-state index is 12.5. The molecule has 1 atom stereocenters. The van der Waals surface area contributed by atoms with Gasteiger partial charge < -0.3 is 9.47 Å². The summed E-state index contributed by atoms with van der Waals surface area (Å²) < 4.78 is 43.8. The van der Waals surface area contributed by atoms with Crippen LogP contribution in [0.2, 0.25) is 0 Å². The highest BCUT2D eigenvalue weighted by molar-refractivity contribution is 7.87. The van der Waals surface area contributed by atoms with Crippen LogP contribution < -0.4 is 0 Å². The molecular formula is C15H26O7S. The first-order chi connectivity index (χ1) is 10.5. The van der Waals surface area contributed by atoms with Crippen molar-refractivity contribution in [2.45, 2.75) is 70.8 Å². The molecule has 0 aromatic carbocycles. The molecular weight excluding hydrogens is 324 g/mol. The Labute approximate surface area is 137 Å². The maximum absolute atomic E-state index is 12.5. The first kappa shape index (κ1) is 19.9. The van der Waals surface area contributed by atoms with Gasteiger partial charge in [-0.05, 0) is 31.6 Å². The Hall–Kier alpha value is -1.15. The average Bonchev–Trinajstić information content (AvgIpc) is 2.88. The van der Waals surface area contributed by atoms with Crippen LogP contribution in [0.4, 0.5) is 0 Å². The minimum absolute atomic E-state index is 0.326. The van der Waals surface area contributed by atoms with E-state index in [2.05, 4.69) is 0 Å². The molecule has 0 aromatic heterocycles. The first-order valence-corrected chi connectivity index (χ1v) is 9.34. The van der Waals surface area contributed by atoms with E-state index in [1.807, 2.05) is 0 Å². The fraction of sp³-hybridized carbons (Fsp3) is 0.867. The van der Waals surface area contributed by atoms with E-state index >= 15 is 0 Å². The third kappa shape index (κ3) is 4.91. The van der Waals surface area contributed by atoms with Crippen molar-refractivity contribution in [3.8, 4) is 0 Å². The number of carbonyl (C=O) groups excluding carboxylic acids is 2. The molecule has 0 radical (unpaired) electrons. The van der Waals surface area contributed by atoms with Gasteiger partial charge in [0, 0.05) is 6.42 Å². The Morgan fingerprint density at radius 3 is 2.09 bits per heavy atom. The highest BCUT2D eigenvalue weighted by Gasteiger charge is 2.57. The van der Waals surface area contributed by atoms with E-state index in [9.17, 15) is 22.6 Å².